The number of pyridine rings is 1. The second-order valence-corrected chi connectivity index (χ2v) is 16.6. The smallest absolute Gasteiger partial charge is 0.137 e. The van der Waals surface area contributed by atoms with Gasteiger partial charge in [-0.15, -0.1) is 0 Å². The van der Waals surface area contributed by atoms with Gasteiger partial charge < -0.3 is 4.74 Å². The summed E-state index contributed by atoms with van der Waals surface area (Å²) in [5, 5.41) is 7.60. The summed E-state index contributed by atoms with van der Waals surface area (Å²) in [6, 6.07) is 26.0. The molecule has 3 aromatic heterocycles. The van der Waals surface area contributed by atoms with Gasteiger partial charge in [-0.3, -0.25) is 4.57 Å². The number of para-hydroxylation sites is 1. The lowest BCUT2D eigenvalue weighted by molar-refractivity contribution is 0.393. The van der Waals surface area contributed by atoms with E-state index < -0.39 is 0 Å². The lowest BCUT2D eigenvalue weighted by Crippen LogP contribution is -2.19. The van der Waals surface area contributed by atoms with Crippen molar-refractivity contribution >= 4 is 21.8 Å². The first-order valence-electron chi connectivity index (χ1n) is 18.9. The molecule has 264 valence electrons. The first kappa shape index (κ1) is 34.8. The van der Waals surface area contributed by atoms with Gasteiger partial charge in [-0.1, -0.05) is 91.7 Å². The predicted octanol–water partition coefficient (Wildman–Crippen LogP) is 12.6. The Morgan fingerprint density at radius 1 is 0.784 bits per heavy atom. The summed E-state index contributed by atoms with van der Waals surface area (Å²) in [6.07, 6.45) is 9.12. The topological polar surface area (TPSA) is 44.9 Å². The zero-order valence-electron chi connectivity index (χ0n) is 32.3. The molecule has 3 heterocycles. The third-order valence-electron chi connectivity index (χ3n) is 11.1. The monoisotopic (exact) mass is 678 g/mol. The van der Waals surface area contributed by atoms with Crippen LogP contribution in [0.4, 0.5) is 0 Å². The SMILES string of the molecule is CCC1=CCC[C@H](CC)[C@H]1c1c(C)nn(-c2cc(Oc3ccc4c5ccccc5n(-c5cc(C(C)(C)C)ccn5)c4c3)cc(C(C)(C)C)c2)c1C. The summed E-state index contributed by atoms with van der Waals surface area (Å²) >= 11 is 0. The van der Waals surface area contributed by atoms with Gasteiger partial charge in [0, 0.05) is 46.3 Å². The van der Waals surface area contributed by atoms with E-state index >= 15 is 0 Å². The number of fused-ring (bicyclic) bond motifs is 3. The summed E-state index contributed by atoms with van der Waals surface area (Å²) in [7, 11) is 0. The minimum Gasteiger partial charge on any atom is -0.457 e. The summed E-state index contributed by atoms with van der Waals surface area (Å²) < 4.78 is 11.3. The molecule has 5 nitrogen and oxygen atoms in total. The van der Waals surface area contributed by atoms with E-state index in [4.69, 9.17) is 14.8 Å². The molecule has 1 aliphatic carbocycles. The zero-order valence-corrected chi connectivity index (χ0v) is 32.3. The quantitative estimate of drug-likeness (QED) is 0.158. The zero-order chi connectivity index (χ0) is 36.2. The first-order chi connectivity index (χ1) is 24.3. The van der Waals surface area contributed by atoms with Crippen molar-refractivity contribution in [3.63, 3.8) is 0 Å². The number of ether oxygens (including phenoxy) is 1. The van der Waals surface area contributed by atoms with E-state index in [0.29, 0.717) is 11.8 Å². The molecule has 0 unspecified atom stereocenters. The number of aromatic nitrogens is 4. The Hall–Kier alpha value is -4.64. The van der Waals surface area contributed by atoms with Crippen molar-refractivity contribution in [2.45, 2.75) is 112 Å². The van der Waals surface area contributed by atoms with Crippen LogP contribution >= 0.6 is 0 Å². The minimum absolute atomic E-state index is 0.00976. The number of hydrogen-bond acceptors (Lipinski definition) is 3. The van der Waals surface area contributed by atoms with Gasteiger partial charge in [-0.25, -0.2) is 9.67 Å². The lowest BCUT2D eigenvalue weighted by Gasteiger charge is -2.32. The van der Waals surface area contributed by atoms with Crippen LogP contribution in [0.1, 0.15) is 115 Å². The van der Waals surface area contributed by atoms with Crippen molar-refractivity contribution in [2.24, 2.45) is 5.92 Å². The number of allylic oxidation sites excluding steroid dienone is 2. The van der Waals surface area contributed by atoms with E-state index in [0.717, 1.165) is 46.2 Å². The number of nitrogens with zero attached hydrogens (tertiary/aromatic N) is 4. The molecular formula is C46H54N4O. The minimum atomic E-state index is -0.0814. The molecule has 0 bridgehead atoms. The Bertz CT molecular complexity index is 2270. The van der Waals surface area contributed by atoms with Crippen molar-refractivity contribution in [1.29, 1.82) is 0 Å². The van der Waals surface area contributed by atoms with E-state index in [1.165, 1.54) is 52.4 Å². The maximum Gasteiger partial charge on any atom is 0.137 e. The van der Waals surface area contributed by atoms with Gasteiger partial charge in [0.1, 0.15) is 17.3 Å². The summed E-state index contributed by atoms with van der Waals surface area (Å²) in [5.74, 6) is 3.58. The van der Waals surface area contributed by atoms with Gasteiger partial charge in [0.25, 0.3) is 0 Å². The van der Waals surface area contributed by atoms with Gasteiger partial charge in [0.2, 0.25) is 0 Å². The second kappa shape index (κ2) is 13.2. The fourth-order valence-electron chi connectivity index (χ4n) is 8.26. The highest BCUT2D eigenvalue weighted by Crippen LogP contribution is 2.45. The van der Waals surface area contributed by atoms with Crippen molar-refractivity contribution in [3.05, 3.63) is 119 Å². The maximum absolute atomic E-state index is 6.83. The molecular weight excluding hydrogens is 625 g/mol. The normalized spacial score (nSPS) is 16.9. The largest absolute Gasteiger partial charge is 0.457 e. The molecule has 0 radical (unpaired) electrons. The molecule has 0 N–H and O–H groups in total. The van der Waals surface area contributed by atoms with E-state index in [9.17, 15) is 0 Å². The van der Waals surface area contributed by atoms with Crippen LogP contribution in [0, 0.1) is 19.8 Å². The Kier molecular flexibility index (Phi) is 8.98. The van der Waals surface area contributed by atoms with Gasteiger partial charge in [0.05, 0.1) is 22.4 Å². The Morgan fingerprint density at radius 3 is 2.25 bits per heavy atom. The third-order valence-corrected chi connectivity index (χ3v) is 11.1. The molecule has 6 aromatic rings. The van der Waals surface area contributed by atoms with Gasteiger partial charge in [0.15, 0.2) is 0 Å². The summed E-state index contributed by atoms with van der Waals surface area (Å²) in [5.41, 5.74) is 11.0. The molecule has 5 heteroatoms. The Labute approximate surface area is 304 Å². The van der Waals surface area contributed by atoms with Crippen molar-refractivity contribution in [1.82, 2.24) is 19.3 Å². The standard InChI is InChI=1S/C46H54N4O/c1-11-31-16-15-17-32(12-2)44(31)43-29(3)48-50(30(43)4)35-24-34(46(8,9)10)25-37(27-35)51-36-20-21-39-38-18-13-14-19-40(38)49(41(39)28-36)42-26-33(22-23-47-42)45(5,6)7/h13-14,16,18-28,32,44H,11-12,15,17H2,1-10H3/t32-,44-/m0/s1. The molecule has 3 aromatic carbocycles. The molecule has 0 fully saturated rings. The molecule has 1 aliphatic rings. The molecule has 2 atom stereocenters. The number of benzene rings is 3. The molecule has 7 rings (SSSR count). The van der Waals surface area contributed by atoms with Gasteiger partial charge >= 0.3 is 0 Å². The first-order valence-corrected chi connectivity index (χ1v) is 18.9. The average Bonchev–Trinajstić information content (AvgIpc) is 3.59. The van der Waals surface area contributed by atoms with Gasteiger partial charge in [-0.2, -0.15) is 5.10 Å². The fourth-order valence-corrected chi connectivity index (χ4v) is 8.26. The van der Waals surface area contributed by atoms with Crippen LogP contribution in [0.2, 0.25) is 0 Å². The second-order valence-electron chi connectivity index (χ2n) is 16.6. The number of aryl methyl sites for hydroxylation is 1. The van der Waals surface area contributed by atoms with Crippen LogP contribution in [-0.2, 0) is 10.8 Å². The Morgan fingerprint density at radius 2 is 1.53 bits per heavy atom. The molecule has 0 saturated carbocycles. The van der Waals surface area contributed by atoms with Crippen LogP contribution in [0.15, 0.2) is 90.6 Å². The third kappa shape index (κ3) is 6.41. The predicted molar refractivity (Wildman–Crippen MR) is 213 cm³/mol. The molecule has 0 spiro atoms. The van der Waals surface area contributed by atoms with E-state index in [-0.39, 0.29) is 10.8 Å². The van der Waals surface area contributed by atoms with Crippen LogP contribution in [-0.4, -0.2) is 19.3 Å². The van der Waals surface area contributed by atoms with E-state index in [2.05, 4.69) is 157 Å². The summed E-state index contributed by atoms with van der Waals surface area (Å²) in [4.78, 5) is 4.87. The highest BCUT2D eigenvalue weighted by molar-refractivity contribution is 6.09. The molecule has 51 heavy (non-hydrogen) atoms. The van der Waals surface area contributed by atoms with Crippen LogP contribution in [0.25, 0.3) is 33.3 Å². The highest BCUT2D eigenvalue weighted by atomic mass is 16.5. The van der Waals surface area contributed by atoms with E-state index in [1.54, 1.807) is 5.57 Å². The van der Waals surface area contributed by atoms with Crippen LogP contribution in [0.3, 0.4) is 0 Å². The van der Waals surface area contributed by atoms with Crippen LogP contribution < -0.4 is 4.74 Å². The Balaban J connectivity index is 1.34. The van der Waals surface area contributed by atoms with Crippen molar-refractivity contribution < 1.29 is 4.74 Å². The highest BCUT2D eigenvalue weighted by Gasteiger charge is 2.32. The van der Waals surface area contributed by atoms with Gasteiger partial charge in [-0.05, 0) is 103 Å². The van der Waals surface area contributed by atoms with Crippen LogP contribution in [0.5, 0.6) is 11.5 Å². The molecule has 0 amide bonds. The fraction of sp³-hybridized carbons (Fsp3) is 0.391. The number of rotatable bonds is 7. The maximum atomic E-state index is 6.83. The van der Waals surface area contributed by atoms with Crippen molar-refractivity contribution in [2.75, 3.05) is 0 Å². The summed E-state index contributed by atoms with van der Waals surface area (Å²) in [6.45, 7) is 22.6. The van der Waals surface area contributed by atoms with Crippen molar-refractivity contribution in [3.8, 4) is 23.0 Å². The van der Waals surface area contributed by atoms with E-state index in [1.807, 2.05) is 6.20 Å². The average molecular weight is 679 g/mol. The molecule has 0 saturated heterocycles. The molecule has 0 aliphatic heterocycles. The number of hydrogen-bond donors (Lipinski definition) is 0. The lowest BCUT2D eigenvalue weighted by atomic mass is 9.72.